The molecule has 2 aromatic heterocycles. The average Bonchev–Trinajstić information content (AvgIpc) is 2.84. The smallest absolute Gasteiger partial charge is 0.354 e. The van der Waals surface area contributed by atoms with Crippen LogP contribution >= 0.6 is 0 Å². The van der Waals surface area contributed by atoms with E-state index in [1.807, 2.05) is 30.3 Å². The van der Waals surface area contributed by atoms with Crippen molar-refractivity contribution < 1.29 is 13.2 Å². The van der Waals surface area contributed by atoms with Gasteiger partial charge < -0.3 is 11.1 Å². The van der Waals surface area contributed by atoms with Crippen LogP contribution in [0.2, 0.25) is 0 Å². The minimum absolute atomic E-state index is 0.136. The highest BCUT2D eigenvalue weighted by atomic mass is 19.4. The number of nitrogens with zero attached hydrogens (tertiary/aromatic N) is 3. The molecule has 2 heterocycles. The Bertz CT molecular complexity index is 1200. The Morgan fingerprint density at radius 1 is 0.909 bits per heavy atom. The van der Waals surface area contributed by atoms with Gasteiger partial charge in [-0.2, -0.15) is 13.2 Å². The summed E-state index contributed by atoms with van der Waals surface area (Å²) in [5, 5.41) is 3.17. The van der Waals surface area contributed by atoms with E-state index < -0.39 is 11.7 Å². The molecule has 0 fully saturated rings. The van der Waals surface area contributed by atoms with Gasteiger partial charge in [0, 0.05) is 42.3 Å². The number of rotatable bonds is 7. The first-order chi connectivity index (χ1) is 15.9. The van der Waals surface area contributed by atoms with Gasteiger partial charge in [-0.25, -0.2) is 9.97 Å². The highest BCUT2D eigenvalue weighted by Gasteiger charge is 2.30. The molecular weight excluding hydrogens is 427 g/mol. The summed E-state index contributed by atoms with van der Waals surface area (Å²) < 4.78 is 39.7. The molecule has 0 aliphatic carbocycles. The molecule has 0 bridgehead atoms. The Morgan fingerprint density at radius 3 is 2.39 bits per heavy atom. The fraction of sp³-hybridized carbons (Fsp3) is 0.160. The summed E-state index contributed by atoms with van der Waals surface area (Å²) in [5.74, 6) is 0.373. The molecule has 5 nitrogen and oxygen atoms in total. The number of hydrogen-bond acceptors (Lipinski definition) is 5. The summed E-state index contributed by atoms with van der Waals surface area (Å²) in [6, 6.07) is 18.3. The predicted molar refractivity (Wildman–Crippen MR) is 122 cm³/mol. The lowest BCUT2D eigenvalue weighted by molar-refractivity contribution is -0.137. The van der Waals surface area contributed by atoms with Crippen LogP contribution in [0.1, 0.15) is 23.6 Å². The van der Waals surface area contributed by atoms with Crippen molar-refractivity contribution in [3.05, 3.63) is 96.4 Å². The van der Waals surface area contributed by atoms with E-state index in [2.05, 4.69) is 20.3 Å². The number of anilines is 1. The third-order valence-corrected chi connectivity index (χ3v) is 5.21. The fourth-order valence-electron chi connectivity index (χ4n) is 3.48. The van der Waals surface area contributed by atoms with Crippen LogP contribution in [0.25, 0.3) is 22.4 Å². The molecule has 2 aromatic carbocycles. The van der Waals surface area contributed by atoms with E-state index >= 15 is 0 Å². The van der Waals surface area contributed by atoms with Crippen LogP contribution in [0, 0.1) is 0 Å². The highest BCUT2D eigenvalue weighted by Crippen LogP contribution is 2.35. The second kappa shape index (κ2) is 9.79. The minimum atomic E-state index is -4.44. The van der Waals surface area contributed by atoms with Gasteiger partial charge in [0.25, 0.3) is 0 Å². The number of alkyl halides is 3. The largest absolute Gasteiger partial charge is 0.416 e. The van der Waals surface area contributed by atoms with Gasteiger partial charge in [0.15, 0.2) is 0 Å². The lowest BCUT2D eigenvalue weighted by atomic mass is 9.99. The van der Waals surface area contributed by atoms with Crippen LogP contribution < -0.4 is 11.1 Å². The first kappa shape index (κ1) is 22.4. The van der Waals surface area contributed by atoms with Gasteiger partial charge in [-0.1, -0.05) is 42.5 Å². The molecule has 8 heteroatoms. The van der Waals surface area contributed by atoms with Crippen LogP contribution in [-0.2, 0) is 6.18 Å². The number of hydrogen-bond donors (Lipinski definition) is 2. The molecule has 4 rings (SSSR count). The van der Waals surface area contributed by atoms with Crippen molar-refractivity contribution in [1.29, 1.82) is 0 Å². The maximum atomic E-state index is 13.2. The van der Waals surface area contributed by atoms with Crippen LogP contribution in [0.3, 0.4) is 0 Å². The molecule has 33 heavy (non-hydrogen) atoms. The zero-order chi connectivity index (χ0) is 23.3. The van der Waals surface area contributed by atoms with E-state index in [4.69, 9.17) is 5.73 Å². The number of halogens is 3. The molecule has 0 radical (unpaired) electrons. The molecule has 1 atom stereocenters. The van der Waals surface area contributed by atoms with Crippen LogP contribution in [0.4, 0.5) is 19.1 Å². The lowest BCUT2D eigenvalue weighted by Crippen LogP contribution is -2.16. The Balaban J connectivity index is 1.60. The predicted octanol–water partition coefficient (Wildman–Crippen LogP) is 5.73. The van der Waals surface area contributed by atoms with Gasteiger partial charge in [0.1, 0.15) is 0 Å². The molecular formula is C25H22F3N5. The summed E-state index contributed by atoms with van der Waals surface area (Å²) in [6.45, 7) is 0.536. The van der Waals surface area contributed by atoms with Crippen LogP contribution in [0.15, 0.2) is 85.3 Å². The van der Waals surface area contributed by atoms with Crippen molar-refractivity contribution in [3.63, 3.8) is 0 Å². The number of benzene rings is 2. The molecule has 0 aliphatic rings. The normalized spacial score (nSPS) is 12.4. The second-order valence-corrected chi connectivity index (χ2v) is 7.50. The second-order valence-electron chi connectivity index (χ2n) is 7.50. The summed E-state index contributed by atoms with van der Waals surface area (Å²) in [4.78, 5) is 13.0. The van der Waals surface area contributed by atoms with Gasteiger partial charge in [-0.05, 0) is 41.8 Å². The Hall–Kier alpha value is -3.78. The van der Waals surface area contributed by atoms with Gasteiger partial charge in [0.2, 0.25) is 5.95 Å². The van der Waals surface area contributed by atoms with Crippen molar-refractivity contribution in [2.75, 3.05) is 11.9 Å². The van der Waals surface area contributed by atoms with E-state index in [9.17, 15) is 13.2 Å². The quantitative estimate of drug-likeness (QED) is 0.377. The molecule has 3 N–H and O–H groups in total. The summed E-state index contributed by atoms with van der Waals surface area (Å²) >= 11 is 0. The monoisotopic (exact) mass is 449 g/mol. The molecule has 0 saturated heterocycles. The highest BCUT2D eigenvalue weighted by molar-refractivity contribution is 5.81. The third kappa shape index (κ3) is 5.53. The Kier molecular flexibility index (Phi) is 6.65. The number of nitrogens with two attached hydrogens (primary N) is 1. The number of nitrogens with one attached hydrogen (secondary N) is 1. The van der Waals surface area contributed by atoms with E-state index in [-0.39, 0.29) is 6.04 Å². The van der Waals surface area contributed by atoms with Crippen molar-refractivity contribution in [2.45, 2.75) is 18.6 Å². The number of aromatic nitrogens is 3. The maximum Gasteiger partial charge on any atom is 0.416 e. The zero-order valence-corrected chi connectivity index (χ0v) is 17.6. The van der Waals surface area contributed by atoms with Crippen molar-refractivity contribution in [3.8, 4) is 22.4 Å². The Labute approximate surface area is 189 Å². The van der Waals surface area contributed by atoms with Crippen LogP contribution in [0.5, 0.6) is 0 Å². The van der Waals surface area contributed by atoms with Gasteiger partial charge >= 0.3 is 6.18 Å². The van der Waals surface area contributed by atoms with Gasteiger partial charge in [-0.3, -0.25) is 4.98 Å². The maximum absolute atomic E-state index is 13.2. The average molecular weight is 449 g/mol. The fourth-order valence-corrected chi connectivity index (χ4v) is 3.48. The van der Waals surface area contributed by atoms with Crippen molar-refractivity contribution in [2.24, 2.45) is 5.73 Å². The zero-order valence-electron chi connectivity index (χ0n) is 17.6. The standard InChI is InChI=1S/C25H22F3N5/c26-25(27,28)20-8-4-7-19(15-20)21-16-32-24(33-23(21)18-9-12-30-13-10-18)31-14-11-22(29)17-5-2-1-3-6-17/h1-10,12-13,15-16,22H,11,14,29H2,(H,31,32,33). The minimum Gasteiger partial charge on any atom is -0.354 e. The van der Waals surface area contributed by atoms with Crippen LogP contribution in [-0.4, -0.2) is 21.5 Å². The molecule has 0 amide bonds. The third-order valence-electron chi connectivity index (χ3n) is 5.21. The van der Waals surface area contributed by atoms with E-state index in [0.29, 0.717) is 35.7 Å². The molecule has 1 unspecified atom stereocenters. The summed E-state index contributed by atoms with van der Waals surface area (Å²) in [5.41, 5.74) is 8.69. The van der Waals surface area contributed by atoms with E-state index in [1.54, 1.807) is 30.6 Å². The van der Waals surface area contributed by atoms with E-state index in [1.165, 1.54) is 12.3 Å². The molecule has 168 valence electrons. The lowest BCUT2D eigenvalue weighted by Gasteiger charge is -2.15. The SMILES string of the molecule is NC(CCNc1ncc(-c2cccc(C(F)(F)F)c2)c(-c2ccncc2)n1)c1ccccc1. The Morgan fingerprint density at radius 2 is 1.67 bits per heavy atom. The van der Waals surface area contributed by atoms with E-state index in [0.717, 1.165) is 23.3 Å². The van der Waals surface area contributed by atoms with Gasteiger partial charge in [-0.15, -0.1) is 0 Å². The first-order valence-corrected chi connectivity index (χ1v) is 10.4. The molecule has 0 aliphatic heterocycles. The number of pyridine rings is 1. The topological polar surface area (TPSA) is 76.7 Å². The van der Waals surface area contributed by atoms with Crippen molar-refractivity contribution >= 4 is 5.95 Å². The molecule has 4 aromatic rings. The molecule has 0 saturated carbocycles. The molecule has 0 spiro atoms. The summed E-state index contributed by atoms with van der Waals surface area (Å²) in [6.07, 6.45) is 0.983. The van der Waals surface area contributed by atoms with Gasteiger partial charge in [0.05, 0.1) is 11.3 Å². The summed E-state index contributed by atoms with van der Waals surface area (Å²) in [7, 11) is 0. The first-order valence-electron chi connectivity index (χ1n) is 10.4. The van der Waals surface area contributed by atoms with Crippen molar-refractivity contribution in [1.82, 2.24) is 15.0 Å².